The molecule has 8 N–H and O–H groups in total. The number of carbonyl (C=O) groups is 1. The van der Waals surface area contributed by atoms with Crippen LogP contribution in [0.15, 0.2) is 24.3 Å². The van der Waals surface area contributed by atoms with Crippen LogP contribution in [-0.2, 0) is 28.1 Å². The Bertz CT molecular complexity index is 1100. The number of amides is 1. The fourth-order valence-corrected chi connectivity index (χ4v) is 6.25. The normalized spacial score (nSPS) is 33.1. The van der Waals surface area contributed by atoms with Gasteiger partial charge in [0.25, 0.3) is 0 Å². The SMILES string of the molecule is CCCCCCCP(=O)(O)OC[C@H]1O[C@H](O[C@]2(CO)O[C@H](COc3ccc(NC(=O)CCS)cc3)[C@@H](O)[C@@H]2O)[C@H](O)[C@@H](O)[C@@H]1O. The Kier molecular flexibility index (Phi) is 15.0. The van der Waals surface area contributed by atoms with Gasteiger partial charge in [-0.1, -0.05) is 32.6 Å². The van der Waals surface area contributed by atoms with Gasteiger partial charge in [-0.2, -0.15) is 12.6 Å². The molecule has 2 aliphatic heterocycles. The molecule has 258 valence electrons. The highest BCUT2D eigenvalue weighted by molar-refractivity contribution is 7.80. The van der Waals surface area contributed by atoms with Crippen molar-refractivity contribution in [3.8, 4) is 5.75 Å². The standard InChI is InChI=1S/C28H46NO14PS/c1-2-3-4-5-6-12-44(37,38)40-15-19-22(32)24(34)25(35)27(41-19)43-28(16-30)26(36)23(33)20(42-28)14-39-18-9-7-17(8-10-18)29-21(31)11-13-45/h7-10,19-20,22-27,30,32-36,45H,2-6,11-16H2,1H3,(H,29,31)(H,37,38)/t19-,20-,22-,23-,24+,25-,26+,27-,28+/m1/s1. The van der Waals surface area contributed by atoms with Gasteiger partial charge in [0.05, 0.1) is 6.61 Å². The van der Waals surface area contributed by atoms with Crippen molar-refractivity contribution in [2.45, 2.75) is 100 Å². The summed E-state index contributed by atoms with van der Waals surface area (Å²) in [7, 11) is -4.06. The van der Waals surface area contributed by atoms with E-state index in [0.29, 0.717) is 23.6 Å². The first-order valence-corrected chi connectivity index (χ1v) is 17.4. The van der Waals surface area contributed by atoms with Crippen LogP contribution in [0.4, 0.5) is 5.69 Å². The number of hydrogen-bond donors (Lipinski definition) is 9. The topological polar surface area (TPSA) is 234 Å². The molecule has 2 fully saturated rings. The van der Waals surface area contributed by atoms with Crippen LogP contribution in [-0.4, -0.2) is 128 Å². The minimum absolute atomic E-state index is 0.114. The van der Waals surface area contributed by atoms with Crippen LogP contribution in [0.1, 0.15) is 45.4 Å². The van der Waals surface area contributed by atoms with Crippen molar-refractivity contribution in [1.29, 1.82) is 0 Å². The summed E-state index contributed by atoms with van der Waals surface area (Å²) in [6.07, 6.45) is -9.27. The van der Waals surface area contributed by atoms with Crippen LogP contribution in [0, 0.1) is 0 Å². The highest BCUT2D eigenvalue weighted by Gasteiger charge is 2.58. The Balaban J connectivity index is 1.59. The molecule has 3 rings (SSSR count). The van der Waals surface area contributed by atoms with Gasteiger partial charge in [0, 0.05) is 18.3 Å². The Morgan fingerprint density at radius 1 is 0.978 bits per heavy atom. The van der Waals surface area contributed by atoms with Gasteiger partial charge in [0.15, 0.2) is 6.29 Å². The average Bonchev–Trinajstić information content (AvgIpc) is 3.25. The fraction of sp³-hybridized carbons (Fsp3) is 0.750. The molecule has 1 amide bonds. The molecule has 1 aromatic carbocycles. The maximum atomic E-state index is 12.5. The predicted octanol–water partition coefficient (Wildman–Crippen LogP) is 0.130. The summed E-state index contributed by atoms with van der Waals surface area (Å²) < 4.78 is 40.1. The first-order valence-electron chi connectivity index (χ1n) is 15.0. The Morgan fingerprint density at radius 3 is 2.31 bits per heavy atom. The van der Waals surface area contributed by atoms with Crippen molar-refractivity contribution in [2.24, 2.45) is 0 Å². The van der Waals surface area contributed by atoms with E-state index in [2.05, 4.69) is 17.9 Å². The van der Waals surface area contributed by atoms with E-state index in [1.165, 1.54) is 0 Å². The van der Waals surface area contributed by atoms with E-state index in [-0.39, 0.29) is 25.1 Å². The molecule has 15 nitrogen and oxygen atoms in total. The van der Waals surface area contributed by atoms with Crippen LogP contribution >= 0.6 is 20.2 Å². The summed E-state index contributed by atoms with van der Waals surface area (Å²) in [6.45, 7) is 0.0662. The van der Waals surface area contributed by atoms with Crippen molar-refractivity contribution in [3.63, 3.8) is 0 Å². The molecular formula is C28H46NO14PS. The molecule has 0 radical (unpaired) electrons. The Labute approximate surface area is 267 Å². The largest absolute Gasteiger partial charge is 0.491 e. The van der Waals surface area contributed by atoms with E-state index >= 15 is 0 Å². The molecule has 45 heavy (non-hydrogen) atoms. The molecule has 0 spiro atoms. The van der Waals surface area contributed by atoms with E-state index in [4.69, 9.17) is 23.5 Å². The summed E-state index contributed by atoms with van der Waals surface area (Å²) in [5, 5.41) is 65.7. The van der Waals surface area contributed by atoms with Gasteiger partial charge in [0.2, 0.25) is 11.7 Å². The third-order valence-corrected chi connectivity index (χ3v) is 9.24. The van der Waals surface area contributed by atoms with E-state index in [0.717, 1.165) is 25.7 Å². The maximum absolute atomic E-state index is 12.5. The number of unbranched alkanes of at least 4 members (excludes halogenated alkanes) is 4. The zero-order chi connectivity index (χ0) is 33.2. The van der Waals surface area contributed by atoms with Crippen molar-refractivity contribution < 1.29 is 68.4 Å². The zero-order valence-electron chi connectivity index (χ0n) is 25.1. The van der Waals surface area contributed by atoms with E-state index in [9.17, 15) is 44.9 Å². The highest BCUT2D eigenvalue weighted by Crippen LogP contribution is 2.44. The van der Waals surface area contributed by atoms with Crippen LogP contribution in [0.25, 0.3) is 0 Å². The number of hydrogen-bond acceptors (Lipinski definition) is 14. The molecule has 1 unspecified atom stereocenters. The number of benzene rings is 1. The highest BCUT2D eigenvalue weighted by atomic mass is 32.1. The zero-order valence-corrected chi connectivity index (χ0v) is 26.9. The number of aliphatic hydroxyl groups excluding tert-OH is 6. The van der Waals surface area contributed by atoms with Crippen molar-refractivity contribution in [1.82, 2.24) is 0 Å². The van der Waals surface area contributed by atoms with Crippen molar-refractivity contribution in [2.75, 3.05) is 37.1 Å². The number of carbonyl (C=O) groups excluding carboxylic acids is 1. The van der Waals surface area contributed by atoms with E-state index < -0.39 is 75.6 Å². The first kappa shape index (κ1) is 38.1. The quantitative estimate of drug-likeness (QED) is 0.0569. The van der Waals surface area contributed by atoms with Gasteiger partial charge in [-0.25, -0.2) is 0 Å². The first-order chi connectivity index (χ1) is 21.4. The molecule has 10 atom stereocenters. The number of rotatable bonds is 18. The minimum Gasteiger partial charge on any atom is -0.491 e. The van der Waals surface area contributed by atoms with Crippen molar-refractivity contribution in [3.05, 3.63) is 24.3 Å². The predicted molar refractivity (Wildman–Crippen MR) is 163 cm³/mol. The molecule has 2 aliphatic rings. The maximum Gasteiger partial charge on any atom is 0.328 e. The number of aliphatic hydroxyl groups is 6. The molecule has 17 heteroatoms. The van der Waals surface area contributed by atoms with Crippen LogP contribution in [0.3, 0.4) is 0 Å². The Morgan fingerprint density at radius 2 is 1.67 bits per heavy atom. The fourth-order valence-electron chi connectivity index (χ4n) is 4.91. The number of nitrogens with one attached hydrogen (secondary N) is 1. The molecular weight excluding hydrogens is 637 g/mol. The van der Waals surface area contributed by atoms with Gasteiger partial charge in [-0.05, 0) is 36.4 Å². The minimum atomic E-state index is -4.06. The molecule has 1 aromatic rings. The monoisotopic (exact) mass is 683 g/mol. The second kappa shape index (κ2) is 17.7. The molecule has 0 bridgehead atoms. The number of ether oxygens (including phenoxy) is 4. The number of thiol groups is 1. The summed E-state index contributed by atoms with van der Waals surface area (Å²) in [5.41, 5.74) is 0.528. The third kappa shape index (κ3) is 10.6. The lowest BCUT2D eigenvalue weighted by Gasteiger charge is -2.43. The van der Waals surface area contributed by atoms with Gasteiger partial charge < -0.3 is 64.3 Å². The van der Waals surface area contributed by atoms with Gasteiger partial charge in [0.1, 0.15) is 61.7 Å². The summed E-state index contributed by atoms with van der Waals surface area (Å²) in [4.78, 5) is 21.9. The summed E-state index contributed by atoms with van der Waals surface area (Å²) >= 11 is 4.01. The lowest BCUT2D eigenvalue weighted by atomic mass is 9.99. The summed E-state index contributed by atoms with van der Waals surface area (Å²) in [5.74, 6) is -1.82. The number of anilines is 1. The second-order valence-corrected chi connectivity index (χ2v) is 13.5. The Hall–Kier alpha value is -1.37. The lowest BCUT2D eigenvalue weighted by molar-refractivity contribution is -0.383. The van der Waals surface area contributed by atoms with E-state index in [1.807, 2.05) is 6.92 Å². The third-order valence-electron chi connectivity index (χ3n) is 7.59. The van der Waals surface area contributed by atoms with E-state index in [1.54, 1.807) is 24.3 Å². The van der Waals surface area contributed by atoms with Crippen molar-refractivity contribution >= 4 is 31.8 Å². The lowest BCUT2D eigenvalue weighted by Crippen LogP contribution is -2.62. The molecule has 0 aliphatic carbocycles. The molecule has 2 heterocycles. The average molecular weight is 684 g/mol. The molecule has 0 aromatic heterocycles. The van der Waals surface area contributed by atoms with Crippen LogP contribution < -0.4 is 10.1 Å². The van der Waals surface area contributed by atoms with Gasteiger partial charge in [-0.15, -0.1) is 0 Å². The molecule has 0 saturated carbocycles. The summed E-state index contributed by atoms with van der Waals surface area (Å²) in [6, 6.07) is 6.31. The second-order valence-electron chi connectivity index (χ2n) is 11.1. The van der Waals surface area contributed by atoms with Gasteiger partial charge in [-0.3, -0.25) is 9.36 Å². The van der Waals surface area contributed by atoms with Crippen LogP contribution in [0.5, 0.6) is 5.75 Å². The van der Waals surface area contributed by atoms with Crippen LogP contribution in [0.2, 0.25) is 0 Å². The van der Waals surface area contributed by atoms with Gasteiger partial charge >= 0.3 is 7.60 Å². The smallest absolute Gasteiger partial charge is 0.328 e. The molecule has 2 saturated heterocycles.